The van der Waals surface area contributed by atoms with Crippen molar-refractivity contribution in [3.05, 3.63) is 42.1 Å². The molecule has 2 aliphatic heterocycles. The van der Waals surface area contributed by atoms with Crippen LogP contribution in [0, 0.1) is 17.2 Å². The van der Waals surface area contributed by atoms with Gasteiger partial charge in [0, 0.05) is 67.4 Å². The Hall–Kier alpha value is -3.11. The summed E-state index contributed by atoms with van der Waals surface area (Å²) in [6.45, 7) is 4.40. The Kier molecular flexibility index (Phi) is 6.68. The molecular weight excluding hydrogens is 392 g/mol. The highest BCUT2D eigenvalue weighted by molar-refractivity contribution is 5.96. The van der Waals surface area contributed by atoms with Crippen LogP contribution in [-0.2, 0) is 20.9 Å². The first kappa shape index (κ1) is 21.1. The summed E-state index contributed by atoms with van der Waals surface area (Å²) in [5.41, 5.74) is 2.03. The average Bonchev–Trinajstić information content (AvgIpc) is 3.19. The normalized spacial score (nSPS) is 17.9. The van der Waals surface area contributed by atoms with Gasteiger partial charge in [-0.25, -0.2) is 0 Å². The summed E-state index contributed by atoms with van der Waals surface area (Å²) in [6.07, 6.45) is 7.35. The van der Waals surface area contributed by atoms with Crippen LogP contribution in [0.15, 0.2) is 36.5 Å². The highest BCUT2D eigenvalue weighted by Crippen LogP contribution is 2.24. The van der Waals surface area contributed by atoms with E-state index in [9.17, 15) is 9.59 Å². The van der Waals surface area contributed by atoms with Crippen LogP contribution in [0.3, 0.4) is 0 Å². The summed E-state index contributed by atoms with van der Waals surface area (Å²) in [6, 6.07) is 10.2. The number of benzene rings is 1. The lowest BCUT2D eigenvalue weighted by molar-refractivity contribution is -0.142. The zero-order valence-electron chi connectivity index (χ0n) is 17.7. The molecule has 0 unspecified atom stereocenters. The number of aryl methyl sites for hydroxylation is 1. The predicted molar refractivity (Wildman–Crippen MR) is 118 cm³/mol. The Labute approximate surface area is 182 Å². The zero-order valence-corrected chi connectivity index (χ0v) is 17.7. The Bertz CT molecular complexity index is 1010. The number of para-hydroxylation sites is 1. The van der Waals surface area contributed by atoms with E-state index in [0.29, 0.717) is 65.2 Å². The number of fused-ring (bicyclic) bond motifs is 1. The molecule has 2 aliphatic rings. The first-order valence-corrected chi connectivity index (χ1v) is 11.0. The monoisotopic (exact) mass is 420 g/mol. The van der Waals surface area contributed by atoms with Gasteiger partial charge in [0.2, 0.25) is 11.8 Å². The molecule has 1 aromatic carbocycles. The molecule has 7 heteroatoms. The summed E-state index contributed by atoms with van der Waals surface area (Å²) >= 11 is 0. The van der Waals surface area contributed by atoms with Crippen LogP contribution in [0.2, 0.25) is 0 Å². The quantitative estimate of drug-likeness (QED) is 0.697. The number of hydrogen-bond acceptors (Lipinski definition) is 4. The second kappa shape index (κ2) is 9.80. The van der Waals surface area contributed by atoms with Crippen molar-refractivity contribution in [2.24, 2.45) is 5.92 Å². The Balaban J connectivity index is 1.37. The van der Waals surface area contributed by atoms with E-state index < -0.39 is 0 Å². The number of morpholine rings is 1. The van der Waals surface area contributed by atoms with Gasteiger partial charge in [-0.15, -0.1) is 0 Å². The van der Waals surface area contributed by atoms with E-state index in [4.69, 9.17) is 10.00 Å². The molecule has 4 rings (SSSR count). The van der Waals surface area contributed by atoms with Crippen LogP contribution >= 0.6 is 0 Å². The lowest BCUT2D eigenvalue weighted by atomic mass is 9.95. The number of hydrogen-bond donors (Lipinski definition) is 0. The summed E-state index contributed by atoms with van der Waals surface area (Å²) in [4.78, 5) is 29.1. The second-order valence-electron chi connectivity index (χ2n) is 8.07. The number of likely N-dealkylation sites (tertiary alicyclic amines) is 1. The summed E-state index contributed by atoms with van der Waals surface area (Å²) in [7, 11) is 0. The molecule has 0 radical (unpaired) electrons. The molecule has 7 nitrogen and oxygen atoms in total. The molecule has 2 amide bonds. The van der Waals surface area contributed by atoms with Gasteiger partial charge in [-0.3, -0.25) is 9.59 Å². The molecule has 0 bridgehead atoms. The van der Waals surface area contributed by atoms with E-state index >= 15 is 0 Å². The van der Waals surface area contributed by atoms with Crippen molar-refractivity contribution in [3.8, 4) is 6.07 Å². The summed E-state index contributed by atoms with van der Waals surface area (Å²) < 4.78 is 7.39. The molecule has 2 fully saturated rings. The maximum Gasteiger partial charge on any atom is 0.246 e. The molecular formula is C24H28N4O3. The van der Waals surface area contributed by atoms with Gasteiger partial charge in [-0.1, -0.05) is 18.2 Å². The number of nitrogens with zero attached hydrogens (tertiary/aromatic N) is 4. The van der Waals surface area contributed by atoms with Crippen LogP contribution in [0.5, 0.6) is 0 Å². The van der Waals surface area contributed by atoms with Gasteiger partial charge in [0.15, 0.2) is 0 Å². The van der Waals surface area contributed by atoms with E-state index in [1.807, 2.05) is 46.3 Å². The van der Waals surface area contributed by atoms with Crippen molar-refractivity contribution >= 4 is 28.8 Å². The summed E-state index contributed by atoms with van der Waals surface area (Å²) in [5, 5.41) is 9.97. The topological polar surface area (TPSA) is 78.6 Å². The van der Waals surface area contributed by atoms with Crippen molar-refractivity contribution in [1.82, 2.24) is 14.4 Å². The smallest absolute Gasteiger partial charge is 0.246 e. The standard InChI is InChI=1S/C24H28N4O3/c25-10-3-11-28-18-20(21-4-1-2-5-22(21)28)6-7-23(29)26-12-8-19(9-13-26)24(30)27-14-16-31-17-15-27/h1-2,4-7,18-19H,3,8-9,11-17H2/b7-6+. The molecule has 0 saturated carbocycles. The molecule has 0 spiro atoms. The molecule has 1 aromatic heterocycles. The van der Waals surface area contributed by atoms with E-state index in [1.54, 1.807) is 6.08 Å². The minimum atomic E-state index is -0.0221. The molecule has 2 saturated heterocycles. The number of rotatable bonds is 5. The van der Waals surface area contributed by atoms with Gasteiger partial charge < -0.3 is 19.1 Å². The van der Waals surface area contributed by atoms with E-state index in [-0.39, 0.29) is 17.7 Å². The SMILES string of the molecule is N#CCCn1cc(/C=C/C(=O)N2CCC(C(=O)N3CCOCC3)CC2)c2ccccc21. The van der Waals surface area contributed by atoms with Crippen molar-refractivity contribution in [2.45, 2.75) is 25.8 Å². The van der Waals surface area contributed by atoms with Crippen molar-refractivity contribution in [3.63, 3.8) is 0 Å². The Morgan fingerprint density at radius 3 is 2.58 bits per heavy atom. The Morgan fingerprint density at radius 2 is 1.84 bits per heavy atom. The van der Waals surface area contributed by atoms with Crippen LogP contribution in [0.4, 0.5) is 0 Å². The lowest BCUT2D eigenvalue weighted by Gasteiger charge is -2.35. The first-order valence-electron chi connectivity index (χ1n) is 11.0. The fourth-order valence-corrected chi connectivity index (χ4v) is 4.42. The highest BCUT2D eigenvalue weighted by Gasteiger charge is 2.30. The van der Waals surface area contributed by atoms with Gasteiger partial charge in [0.1, 0.15) is 0 Å². The maximum atomic E-state index is 12.7. The lowest BCUT2D eigenvalue weighted by Crippen LogP contribution is -2.47. The van der Waals surface area contributed by atoms with Gasteiger partial charge in [0.05, 0.1) is 25.7 Å². The van der Waals surface area contributed by atoms with Gasteiger partial charge >= 0.3 is 0 Å². The third-order valence-electron chi connectivity index (χ3n) is 6.17. The fourth-order valence-electron chi connectivity index (χ4n) is 4.42. The highest BCUT2D eigenvalue weighted by atomic mass is 16.5. The third-order valence-corrected chi connectivity index (χ3v) is 6.17. The number of ether oxygens (including phenoxy) is 1. The molecule has 0 aliphatic carbocycles. The fraction of sp³-hybridized carbons (Fsp3) is 0.458. The molecule has 31 heavy (non-hydrogen) atoms. The second-order valence-corrected chi connectivity index (χ2v) is 8.07. The summed E-state index contributed by atoms with van der Waals surface area (Å²) in [5.74, 6) is 0.187. The predicted octanol–water partition coefficient (Wildman–Crippen LogP) is 2.67. The van der Waals surface area contributed by atoms with E-state index in [2.05, 4.69) is 10.6 Å². The largest absolute Gasteiger partial charge is 0.378 e. The molecule has 0 atom stereocenters. The molecule has 162 valence electrons. The minimum absolute atomic E-state index is 0.00393. The Morgan fingerprint density at radius 1 is 1.10 bits per heavy atom. The van der Waals surface area contributed by atoms with E-state index in [1.165, 1.54) is 0 Å². The van der Waals surface area contributed by atoms with Crippen LogP contribution in [0.25, 0.3) is 17.0 Å². The number of carbonyl (C=O) groups excluding carboxylic acids is 2. The number of aromatic nitrogens is 1. The minimum Gasteiger partial charge on any atom is -0.378 e. The average molecular weight is 421 g/mol. The molecule has 3 heterocycles. The number of amides is 2. The number of piperidine rings is 1. The van der Waals surface area contributed by atoms with Crippen LogP contribution < -0.4 is 0 Å². The number of nitriles is 1. The van der Waals surface area contributed by atoms with Crippen LogP contribution in [0.1, 0.15) is 24.8 Å². The molecule has 0 N–H and O–H groups in total. The van der Waals surface area contributed by atoms with Gasteiger partial charge in [0.25, 0.3) is 0 Å². The van der Waals surface area contributed by atoms with Gasteiger partial charge in [-0.05, 0) is 25.0 Å². The zero-order chi connectivity index (χ0) is 21.6. The van der Waals surface area contributed by atoms with Crippen molar-refractivity contribution in [2.75, 3.05) is 39.4 Å². The molecule has 2 aromatic rings. The van der Waals surface area contributed by atoms with Gasteiger partial charge in [-0.2, -0.15) is 5.26 Å². The first-order chi connectivity index (χ1) is 15.2. The van der Waals surface area contributed by atoms with E-state index in [0.717, 1.165) is 16.5 Å². The van der Waals surface area contributed by atoms with Crippen molar-refractivity contribution in [1.29, 1.82) is 5.26 Å². The number of carbonyl (C=O) groups is 2. The van der Waals surface area contributed by atoms with Crippen molar-refractivity contribution < 1.29 is 14.3 Å². The van der Waals surface area contributed by atoms with Crippen LogP contribution in [-0.4, -0.2) is 65.6 Å². The maximum absolute atomic E-state index is 12.7. The third kappa shape index (κ3) is 4.80.